The van der Waals surface area contributed by atoms with E-state index in [0.29, 0.717) is 12.1 Å². The van der Waals surface area contributed by atoms with E-state index in [0.717, 1.165) is 51.6 Å². The largest absolute Gasteiger partial charge is 0.352 e. The lowest BCUT2D eigenvalue weighted by Gasteiger charge is -2.34. The molecule has 1 aliphatic rings. The number of amides is 2. The number of thioether (sulfide) groups is 1. The van der Waals surface area contributed by atoms with Crippen LogP contribution in [-0.2, 0) is 26.2 Å². The standard InChI is InChI=1S/C34H43N3O4S2/c1-5-32(34(39)35-28-9-7-6-8-10-28)36(23-27-15-11-25(2)12-16-27)33(38)24-37(29-17-13-26(3)14-18-29)43(40,41)31-21-19-30(42-4)20-22-31/h11-22,28,32H,5-10,23-24H2,1-4H3,(H,35,39)/t32-/m0/s1. The first kappa shape index (κ1) is 32.6. The number of rotatable bonds is 12. The normalized spacial score (nSPS) is 14.6. The van der Waals surface area contributed by atoms with Gasteiger partial charge in [0.2, 0.25) is 11.8 Å². The van der Waals surface area contributed by atoms with E-state index in [1.165, 1.54) is 18.2 Å². The molecular formula is C34H43N3O4S2. The maximum absolute atomic E-state index is 14.3. The molecule has 0 heterocycles. The fourth-order valence-electron chi connectivity index (χ4n) is 5.47. The zero-order chi connectivity index (χ0) is 31.0. The molecule has 0 spiro atoms. The Labute approximate surface area is 261 Å². The second kappa shape index (κ2) is 14.9. The van der Waals surface area contributed by atoms with Crippen molar-refractivity contribution >= 4 is 39.3 Å². The van der Waals surface area contributed by atoms with E-state index in [9.17, 15) is 18.0 Å². The summed E-state index contributed by atoms with van der Waals surface area (Å²) in [6, 6.07) is 21.0. The number of benzene rings is 3. The Hall–Kier alpha value is -3.30. The van der Waals surface area contributed by atoms with Crippen molar-refractivity contribution < 1.29 is 18.0 Å². The molecule has 1 aliphatic carbocycles. The number of aryl methyl sites for hydroxylation is 2. The Balaban J connectivity index is 1.69. The molecule has 1 saturated carbocycles. The average Bonchev–Trinajstić information content (AvgIpc) is 3.01. The van der Waals surface area contributed by atoms with Crippen molar-refractivity contribution in [3.8, 4) is 0 Å². The van der Waals surface area contributed by atoms with Gasteiger partial charge in [-0.1, -0.05) is 73.7 Å². The number of carbonyl (C=O) groups excluding carboxylic acids is 2. The number of hydrogen-bond acceptors (Lipinski definition) is 5. The Kier molecular flexibility index (Phi) is 11.3. The summed E-state index contributed by atoms with van der Waals surface area (Å²) in [6.45, 7) is 5.57. The van der Waals surface area contributed by atoms with Gasteiger partial charge < -0.3 is 10.2 Å². The van der Waals surface area contributed by atoms with Crippen molar-refractivity contribution in [3.63, 3.8) is 0 Å². The van der Waals surface area contributed by atoms with Gasteiger partial charge in [-0.2, -0.15) is 0 Å². The third-order valence-electron chi connectivity index (χ3n) is 8.06. The summed E-state index contributed by atoms with van der Waals surface area (Å²) in [7, 11) is -4.10. The van der Waals surface area contributed by atoms with Gasteiger partial charge in [-0.25, -0.2) is 8.42 Å². The van der Waals surface area contributed by atoms with Gasteiger partial charge in [-0.3, -0.25) is 13.9 Å². The molecule has 9 heteroatoms. The lowest BCUT2D eigenvalue weighted by atomic mass is 9.95. The molecule has 2 amide bonds. The number of sulfonamides is 1. The van der Waals surface area contributed by atoms with Crippen molar-refractivity contribution in [3.05, 3.63) is 89.5 Å². The monoisotopic (exact) mass is 621 g/mol. The maximum Gasteiger partial charge on any atom is 0.264 e. The molecule has 0 unspecified atom stereocenters. The molecule has 1 atom stereocenters. The number of nitrogens with zero attached hydrogens (tertiary/aromatic N) is 2. The van der Waals surface area contributed by atoms with E-state index in [1.807, 2.05) is 63.4 Å². The summed E-state index contributed by atoms with van der Waals surface area (Å²) in [5.41, 5.74) is 3.33. The first-order chi connectivity index (χ1) is 20.6. The zero-order valence-corrected chi connectivity index (χ0v) is 27.2. The first-order valence-electron chi connectivity index (χ1n) is 15.0. The van der Waals surface area contributed by atoms with Gasteiger partial charge in [-0.15, -0.1) is 11.8 Å². The van der Waals surface area contributed by atoms with Crippen LogP contribution in [0.25, 0.3) is 0 Å². The third kappa shape index (κ3) is 8.42. The predicted octanol–water partition coefficient (Wildman–Crippen LogP) is 6.48. The lowest BCUT2D eigenvalue weighted by Crippen LogP contribution is -2.54. The molecule has 0 aliphatic heterocycles. The van der Waals surface area contributed by atoms with E-state index >= 15 is 0 Å². The fourth-order valence-corrected chi connectivity index (χ4v) is 7.29. The van der Waals surface area contributed by atoms with Gasteiger partial charge in [0.05, 0.1) is 10.6 Å². The van der Waals surface area contributed by atoms with E-state index in [1.54, 1.807) is 41.3 Å². The quantitative estimate of drug-likeness (QED) is 0.234. The molecule has 4 rings (SSSR count). The molecule has 0 saturated heterocycles. The maximum atomic E-state index is 14.3. The van der Waals surface area contributed by atoms with Crippen molar-refractivity contribution in [1.82, 2.24) is 10.2 Å². The fraction of sp³-hybridized carbons (Fsp3) is 0.412. The summed E-state index contributed by atoms with van der Waals surface area (Å²) in [5.74, 6) is -0.622. The summed E-state index contributed by atoms with van der Waals surface area (Å²) in [5, 5.41) is 3.19. The Morgan fingerprint density at radius 2 is 1.47 bits per heavy atom. The van der Waals surface area contributed by atoms with Crippen LogP contribution in [0.2, 0.25) is 0 Å². The highest BCUT2D eigenvalue weighted by Crippen LogP contribution is 2.27. The Morgan fingerprint density at radius 1 is 0.884 bits per heavy atom. The molecular weight excluding hydrogens is 579 g/mol. The number of hydrogen-bond donors (Lipinski definition) is 1. The van der Waals surface area contributed by atoms with Crippen LogP contribution in [0, 0.1) is 13.8 Å². The van der Waals surface area contributed by atoms with E-state index in [2.05, 4.69) is 5.32 Å². The molecule has 3 aromatic rings. The van der Waals surface area contributed by atoms with Gasteiger partial charge in [0.1, 0.15) is 12.6 Å². The third-order valence-corrected chi connectivity index (χ3v) is 10.6. The summed E-state index contributed by atoms with van der Waals surface area (Å²) in [4.78, 5) is 30.5. The zero-order valence-electron chi connectivity index (χ0n) is 25.6. The summed E-state index contributed by atoms with van der Waals surface area (Å²) in [6.07, 6.45) is 7.53. The van der Waals surface area contributed by atoms with Crippen molar-refractivity contribution in [2.75, 3.05) is 17.1 Å². The van der Waals surface area contributed by atoms with E-state index < -0.39 is 28.5 Å². The molecule has 7 nitrogen and oxygen atoms in total. The summed E-state index contributed by atoms with van der Waals surface area (Å²) >= 11 is 1.52. The number of nitrogens with one attached hydrogen (secondary N) is 1. The van der Waals surface area contributed by atoms with Crippen molar-refractivity contribution in [2.45, 2.75) is 87.7 Å². The highest BCUT2D eigenvalue weighted by atomic mass is 32.2. The summed E-state index contributed by atoms with van der Waals surface area (Å²) < 4.78 is 29.3. The predicted molar refractivity (Wildman–Crippen MR) is 175 cm³/mol. The van der Waals surface area contributed by atoms with Crippen LogP contribution in [-0.4, -0.2) is 50.0 Å². The molecule has 1 N–H and O–H groups in total. The molecule has 230 valence electrons. The van der Waals surface area contributed by atoms with Crippen LogP contribution < -0.4 is 9.62 Å². The second-order valence-corrected chi connectivity index (χ2v) is 14.0. The molecule has 0 bridgehead atoms. The molecule has 3 aromatic carbocycles. The average molecular weight is 622 g/mol. The molecule has 0 radical (unpaired) electrons. The highest BCUT2D eigenvalue weighted by Gasteiger charge is 2.34. The van der Waals surface area contributed by atoms with Crippen LogP contribution in [0.4, 0.5) is 5.69 Å². The SMILES string of the molecule is CC[C@@H](C(=O)NC1CCCCC1)N(Cc1ccc(C)cc1)C(=O)CN(c1ccc(C)cc1)S(=O)(=O)c1ccc(SC)cc1. The van der Waals surface area contributed by atoms with Gasteiger partial charge in [-0.05, 0) is 81.3 Å². The Morgan fingerprint density at radius 3 is 2.02 bits per heavy atom. The minimum atomic E-state index is -4.10. The number of anilines is 1. The van der Waals surface area contributed by atoms with Crippen LogP contribution in [0.3, 0.4) is 0 Å². The van der Waals surface area contributed by atoms with Crippen LogP contribution >= 0.6 is 11.8 Å². The molecule has 0 aromatic heterocycles. The molecule has 1 fully saturated rings. The van der Waals surface area contributed by atoms with Gasteiger partial charge in [0, 0.05) is 17.5 Å². The molecule has 43 heavy (non-hydrogen) atoms. The Bertz CT molecular complexity index is 1470. The van der Waals surface area contributed by atoms with Crippen LogP contribution in [0.15, 0.2) is 82.6 Å². The highest BCUT2D eigenvalue weighted by molar-refractivity contribution is 7.98. The van der Waals surface area contributed by atoms with Crippen LogP contribution in [0.1, 0.15) is 62.1 Å². The van der Waals surface area contributed by atoms with Gasteiger partial charge in [0.15, 0.2) is 0 Å². The van der Waals surface area contributed by atoms with Crippen LogP contribution in [0.5, 0.6) is 0 Å². The van der Waals surface area contributed by atoms with Gasteiger partial charge >= 0.3 is 0 Å². The van der Waals surface area contributed by atoms with Gasteiger partial charge in [0.25, 0.3) is 10.0 Å². The van der Waals surface area contributed by atoms with Crippen molar-refractivity contribution in [2.24, 2.45) is 0 Å². The number of carbonyl (C=O) groups is 2. The lowest BCUT2D eigenvalue weighted by molar-refractivity contribution is -0.140. The first-order valence-corrected chi connectivity index (χ1v) is 17.7. The minimum absolute atomic E-state index is 0.0975. The van der Waals surface area contributed by atoms with Crippen molar-refractivity contribution in [1.29, 1.82) is 0 Å². The smallest absolute Gasteiger partial charge is 0.264 e. The van der Waals surface area contributed by atoms with E-state index in [-0.39, 0.29) is 23.4 Å². The van der Waals surface area contributed by atoms with E-state index in [4.69, 9.17) is 0 Å². The minimum Gasteiger partial charge on any atom is -0.352 e. The topological polar surface area (TPSA) is 86.8 Å². The second-order valence-electron chi connectivity index (χ2n) is 11.3.